The molecule has 0 aromatic heterocycles. The molecular weight excluding hydrogens is 1330 g/mol. The normalized spacial score (nSPS) is 13.3. The van der Waals surface area contributed by atoms with Crippen molar-refractivity contribution in [2.24, 2.45) is 0 Å². The summed E-state index contributed by atoms with van der Waals surface area (Å²) in [5, 5.41) is 0. The number of hydrogen-bond acceptors (Lipinski definition) is 5. The summed E-state index contributed by atoms with van der Waals surface area (Å²) in [5.74, 6) is 1.90. The van der Waals surface area contributed by atoms with E-state index >= 15 is 0 Å². The molecule has 15 aromatic carbocycles. The SMILES string of the molecule is CC(C)(C)c1ccc(N2c3ccccc3B(c3c(-c4ccccc4)cccc3-c3ccccc3)c3ccccc32)cc1.CC(C)(C)c1ccc(N2c3ccccc3B3c4ccccc4N(c4ccccc4)c4cccc2c43)cc1.CC(C)(C)c1ccc(N2c3ccccc3B3c4ccccc4Oc4cccc2c43)cc1. The molecule has 530 valence electrons. The van der Waals surface area contributed by atoms with Crippen LogP contribution in [0.3, 0.4) is 0 Å². The number of rotatable bonds is 7. The van der Waals surface area contributed by atoms with Crippen LogP contribution in [0.2, 0.25) is 0 Å². The lowest BCUT2D eigenvalue weighted by molar-refractivity contribution is 0.487. The number of fused-ring (bicyclic) bond motifs is 10. The Morgan fingerprint density at radius 3 is 0.827 bits per heavy atom. The van der Waals surface area contributed by atoms with E-state index < -0.39 is 0 Å². The van der Waals surface area contributed by atoms with Gasteiger partial charge < -0.3 is 24.3 Å². The van der Waals surface area contributed by atoms with Crippen LogP contribution in [-0.4, -0.2) is 20.1 Å². The van der Waals surface area contributed by atoms with Crippen molar-refractivity contribution in [3.8, 4) is 33.8 Å². The van der Waals surface area contributed by atoms with E-state index in [1.165, 1.54) is 156 Å². The van der Waals surface area contributed by atoms with Crippen molar-refractivity contribution >= 4 is 138 Å². The molecule has 0 fully saturated rings. The summed E-state index contributed by atoms with van der Waals surface area (Å²) in [4.78, 5) is 9.71. The molecular formula is C102H87B3N4O. The molecule has 0 spiro atoms. The van der Waals surface area contributed by atoms with Gasteiger partial charge >= 0.3 is 0 Å². The second-order valence-corrected chi connectivity index (χ2v) is 32.7. The van der Waals surface area contributed by atoms with Crippen LogP contribution in [-0.2, 0) is 16.2 Å². The van der Waals surface area contributed by atoms with Crippen LogP contribution in [0.5, 0.6) is 11.5 Å². The molecule has 15 aromatic rings. The predicted octanol–water partition coefficient (Wildman–Crippen LogP) is 21.1. The Balaban J connectivity index is 0.000000117. The van der Waals surface area contributed by atoms with Crippen molar-refractivity contribution in [3.05, 3.63) is 381 Å². The molecule has 0 amide bonds. The second kappa shape index (κ2) is 27.9. The Kier molecular flexibility index (Phi) is 17.6. The Labute approximate surface area is 650 Å². The first-order valence-electron chi connectivity index (χ1n) is 38.8. The first-order valence-corrected chi connectivity index (χ1v) is 38.8. The highest BCUT2D eigenvalue weighted by molar-refractivity contribution is 7.01. The number of benzene rings is 15. The Morgan fingerprint density at radius 1 is 0.200 bits per heavy atom. The van der Waals surface area contributed by atoms with Gasteiger partial charge in [-0.1, -0.05) is 323 Å². The zero-order valence-electron chi connectivity index (χ0n) is 64.1. The van der Waals surface area contributed by atoms with E-state index in [4.69, 9.17) is 4.74 Å². The molecule has 8 heteroatoms. The number of nitrogens with zero attached hydrogens (tertiary/aromatic N) is 4. The number of ether oxygens (including phenoxy) is 1. The first-order chi connectivity index (χ1) is 53.5. The molecule has 5 aliphatic rings. The third kappa shape index (κ3) is 12.3. The van der Waals surface area contributed by atoms with E-state index in [-0.39, 0.29) is 36.4 Å². The lowest BCUT2D eigenvalue weighted by atomic mass is 9.33. The molecule has 0 bridgehead atoms. The minimum Gasteiger partial charge on any atom is -0.458 e. The van der Waals surface area contributed by atoms with Crippen molar-refractivity contribution in [1.82, 2.24) is 0 Å². The summed E-state index contributed by atoms with van der Waals surface area (Å²) in [5.41, 5.74) is 35.9. The summed E-state index contributed by atoms with van der Waals surface area (Å²) in [6, 6.07) is 133. The molecule has 0 saturated carbocycles. The van der Waals surface area contributed by atoms with Gasteiger partial charge in [-0.15, -0.1) is 0 Å². The lowest BCUT2D eigenvalue weighted by Crippen LogP contribution is -2.61. The van der Waals surface area contributed by atoms with E-state index in [1.54, 1.807) is 0 Å². The van der Waals surface area contributed by atoms with Gasteiger partial charge in [0.1, 0.15) is 11.5 Å². The topological polar surface area (TPSA) is 22.2 Å². The van der Waals surface area contributed by atoms with Crippen LogP contribution in [0, 0.1) is 0 Å². The van der Waals surface area contributed by atoms with Crippen molar-refractivity contribution in [3.63, 3.8) is 0 Å². The van der Waals surface area contributed by atoms with Crippen molar-refractivity contribution in [1.29, 1.82) is 0 Å². The molecule has 0 saturated heterocycles. The summed E-state index contributed by atoms with van der Waals surface area (Å²) < 4.78 is 6.36. The Bertz CT molecular complexity index is 5820. The van der Waals surface area contributed by atoms with E-state index in [9.17, 15) is 0 Å². The van der Waals surface area contributed by atoms with Crippen LogP contribution in [0.15, 0.2) is 364 Å². The Hall–Kier alpha value is -12.5. The zero-order chi connectivity index (χ0) is 75.0. The third-order valence-corrected chi connectivity index (χ3v) is 22.8. The summed E-state index contributed by atoms with van der Waals surface area (Å²) in [6.45, 7) is 20.8. The van der Waals surface area contributed by atoms with Gasteiger partial charge in [0.15, 0.2) is 0 Å². The maximum Gasteiger partial charge on any atom is 0.256 e. The highest BCUT2D eigenvalue weighted by atomic mass is 16.5. The molecule has 0 aliphatic carbocycles. The fourth-order valence-electron chi connectivity index (χ4n) is 17.5. The molecule has 110 heavy (non-hydrogen) atoms. The number of anilines is 12. The highest BCUT2D eigenvalue weighted by Crippen LogP contribution is 2.46. The predicted molar refractivity (Wildman–Crippen MR) is 472 cm³/mol. The van der Waals surface area contributed by atoms with Gasteiger partial charge in [-0.25, -0.2) is 0 Å². The van der Waals surface area contributed by atoms with Gasteiger partial charge in [0, 0.05) is 68.2 Å². The molecule has 5 heterocycles. The van der Waals surface area contributed by atoms with Crippen molar-refractivity contribution < 1.29 is 4.74 Å². The molecule has 0 unspecified atom stereocenters. The average molecular weight is 1420 g/mol. The van der Waals surface area contributed by atoms with E-state index in [2.05, 4.69) is 440 Å². The third-order valence-electron chi connectivity index (χ3n) is 22.8. The highest BCUT2D eigenvalue weighted by Gasteiger charge is 2.45. The van der Waals surface area contributed by atoms with Crippen molar-refractivity contribution in [2.75, 3.05) is 19.6 Å². The van der Waals surface area contributed by atoms with Gasteiger partial charge in [0.25, 0.3) is 13.4 Å². The quantitative estimate of drug-likeness (QED) is 0.148. The standard InChI is InChI=1S/C40H34BN.C34H29BN2.C28H24BNO/c1-40(2,3)31-25-27-32(28-26-31)42-37-23-12-10-21-35(37)41(36-22-11-13-24-38(36)42)39-33(29-15-6-4-7-16-29)19-14-20-34(39)30-17-8-5-9-18-30;1-34(2,3)24-20-22-26(23-21-24)37-30-17-10-8-15-28(30)35-27-14-7-9-16-29(27)36(25-12-5-4-6-13-25)31-18-11-19-32(37)33(31)35;1-28(2,3)19-15-17-20(18-16-19)30-23-11-6-4-9-21(23)29-22-10-5-7-13-25(22)31-26-14-8-12-24(30)27(26)29/h4-28H,1-3H3;4-23H,1-3H3;4-18H,1-3H3. The van der Waals surface area contributed by atoms with Gasteiger partial charge in [-0.2, -0.15) is 0 Å². The maximum atomic E-state index is 6.36. The summed E-state index contributed by atoms with van der Waals surface area (Å²) >= 11 is 0. The van der Waals surface area contributed by atoms with Crippen LogP contribution in [0.1, 0.15) is 79.0 Å². The smallest absolute Gasteiger partial charge is 0.256 e. The van der Waals surface area contributed by atoms with Crippen molar-refractivity contribution in [2.45, 2.75) is 78.6 Å². The average Bonchev–Trinajstić information content (AvgIpc) is 0.705. The van der Waals surface area contributed by atoms with Crippen LogP contribution >= 0.6 is 0 Å². The minimum absolute atomic E-state index is 0.0640. The minimum atomic E-state index is 0.0640. The zero-order valence-corrected chi connectivity index (χ0v) is 64.1. The number of hydrogen-bond donors (Lipinski definition) is 0. The van der Waals surface area contributed by atoms with E-state index in [0.717, 1.165) is 11.5 Å². The van der Waals surface area contributed by atoms with Gasteiger partial charge in [0.2, 0.25) is 6.71 Å². The first kappa shape index (κ1) is 69.2. The molecule has 5 aliphatic heterocycles. The molecule has 0 radical (unpaired) electrons. The number of para-hydroxylation sites is 7. The van der Waals surface area contributed by atoms with Gasteiger partial charge in [0.05, 0.1) is 0 Å². The second-order valence-electron chi connectivity index (χ2n) is 32.7. The largest absolute Gasteiger partial charge is 0.458 e. The fourth-order valence-corrected chi connectivity index (χ4v) is 17.5. The van der Waals surface area contributed by atoms with Gasteiger partial charge in [-0.05, 0) is 208 Å². The van der Waals surface area contributed by atoms with Crippen LogP contribution in [0.4, 0.5) is 68.2 Å². The molecule has 0 atom stereocenters. The monoisotopic (exact) mass is 1420 g/mol. The molecule has 20 rings (SSSR count). The summed E-state index contributed by atoms with van der Waals surface area (Å²) in [6.07, 6.45) is 0. The van der Waals surface area contributed by atoms with Gasteiger partial charge in [-0.3, -0.25) is 0 Å². The summed E-state index contributed by atoms with van der Waals surface area (Å²) in [7, 11) is 0. The molecule has 0 N–H and O–H groups in total. The van der Waals surface area contributed by atoms with E-state index in [1.807, 2.05) is 6.07 Å². The van der Waals surface area contributed by atoms with Crippen LogP contribution in [0.25, 0.3) is 22.3 Å². The Morgan fingerprint density at radius 2 is 0.455 bits per heavy atom. The lowest BCUT2D eigenvalue weighted by Gasteiger charge is -2.44. The molecule has 5 nitrogen and oxygen atoms in total. The fraction of sp³-hybridized carbons (Fsp3) is 0.118. The van der Waals surface area contributed by atoms with E-state index in [0.29, 0.717) is 0 Å². The maximum absolute atomic E-state index is 6.36. The van der Waals surface area contributed by atoms with Crippen LogP contribution < -0.4 is 73.5 Å².